The number of ether oxygens (including phenoxy) is 1. The van der Waals surface area contributed by atoms with Crippen molar-refractivity contribution in [1.82, 2.24) is 10.2 Å². The number of rotatable bonds is 10. The fraction of sp³-hybridized carbons (Fsp3) is 1.00. The minimum Gasteiger partial charge on any atom is -0.383 e. The van der Waals surface area contributed by atoms with E-state index in [-0.39, 0.29) is 0 Å². The lowest BCUT2D eigenvalue weighted by molar-refractivity contribution is 0.143. The van der Waals surface area contributed by atoms with E-state index in [4.69, 9.17) is 4.74 Å². The lowest BCUT2D eigenvalue weighted by Gasteiger charge is -2.22. The highest BCUT2D eigenvalue weighted by atomic mass is 16.5. The second-order valence-electron chi connectivity index (χ2n) is 4.98. The van der Waals surface area contributed by atoms with Gasteiger partial charge in [-0.15, -0.1) is 0 Å². The lowest BCUT2D eigenvalue weighted by Crippen LogP contribution is -2.37. The number of nitrogens with zero attached hydrogens (tertiary/aromatic N) is 1. The molecule has 1 unspecified atom stereocenters. The van der Waals surface area contributed by atoms with Crippen LogP contribution in [0.5, 0.6) is 0 Å². The van der Waals surface area contributed by atoms with Crippen LogP contribution in [0.25, 0.3) is 0 Å². The fourth-order valence-corrected chi connectivity index (χ4v) is 1.84. The standard InChI is InChI=1S/C13H28N2O/c1-4-12(2)11-14-7-8-15(9-10-16-3)13-5-6-13/h12-14H,4-11H2,1-3H3. The van der Waals surface area contributed by atoms with Gasteiger partial charge in [-0.25, -0.2) is 0 Å². The summed E-state index contributed by atoms with van der Waals surface area (Å²) in [6.07, 6.45) is 4.03. The van der Waals surface area contributed by atoms with Crippen molar-refractivity contribution in [3.05, 3.63) is 0 Å². The van der Waals surface area contributed by atoms with Gasteiger partial charge >= 0.3 is 0 Å². The third-order valence-electron chi connectivity index (χ3n) is 3.41. The van der Waals surface area contributed by atoms with E-state index in [9.17, 15) is 0 Å². The Balaban J connectivity index is 2.03. The summed E-state index contributed by atoms with van der Waals surface area (Å²) in [5.41, 5.74) is 0. The van der Waals surface area contributed by atoms with Crippen molar-refractivity contribution in [2.45, 2.75) is 39.2 Å². The number of hydrogen-bond donors (Lipinski definition) is 1. The highest BCUT2D eigenvalue weighted by Crippen LogP contribution is 2.25. The minimum atomic E-state index is 0.799. The molecular formula is C13H28N2O. The van der Waals surface area contributed by atoms with E-state index in [0.717, 1.165) is 38.2 Å². The summed E-state index contributed by atoms with van der Waals surface area (Å²) in [4.78, 5) is 2.56. The molecule has 1 aliphatic rings. The maximum Gasteiger partial charge on any atom is 0.0589 e. The molecule has 3 nitrogen and oxygen atoms in total. The molecule has 0 heterocycles. The van der Waals surface area contributed by atoms with Gasteiger partial charge in [0.25, 0.3) is 0 Å². The van der Waals surface area contributed by atoms with Gasteiger partial charge in [0.1, 0.15) is 0 Å². The normalized spacial score (nSPS) is 18.0. The number of methoxy groups -OCH3 is 1. The van der Waals surface area contributed by atoms with E-state index in [1.54, 1.807) is 7.11 Å². The van der Waals surface area contributed by atoms with Gasteiger partial charge in [-0.1, -0.05) is 20.3 Å². The first-order valence-electron chi connectivity index (χ1n) is 6.71. The largest absolute Gasteiger partial charge is 0.383 e. The van der Waals surface area contributed by atoms with Crippen molar-refractivity contribution >= 4 is 0 Å². The molecule has 0 aromatic heterocycles. The first kappa shape index (κ1) is 13.9. The molecule has 0 spiro atoms. The molecule has 0 amide bonds. The third kappa shape index (κ3) is 5.83. The van der Waals surface area contributed by atoms with Gasteiger partial charge in [0, 0.05) is 32.8 Å². The molecule has 0 saturated heterocycles. The second-order valence-corrected chi connectivity index (χ2v) is 4.98. The zero-order valence-electron chi connectivity index (χ0n) is 11.2. The van der Waals surface area contributed by atoms with Gasteiger partial charge in [-0.05, 0) is 25.3 Å². The van der Waals surface area contributed by atoms with Crippen LogP contribution in [-0.4, -0.2) is 50.8 Å². The molecule has 16 heavy (non-hydrogen) atoms. The summed E-state index contributed by atoms with van der Waals surface area (Å²) >= 11 is 0. The topological polar surface area (TPSA) is 24.5 Å². The highest BCUT2D eigenvalue weighted by Gasteiger charge is 2.27. The Labute approximate surface area is 101 Å². The Morgan fingerprint density at radius 2 is 2.12 bits per heavy atom. The Kier molecular flexibility index (Phi) is 7.01. The van der Waals surface area contributed by atoms with E-state index < -0.39 is 0 Å². The molecule has 0 aliphatic heterocycles. The summed E-state index contributed by atoms with van der Waals surface area (Å²) in [6.45, 7) is 9.94. The van der Waals surface area contributed by atoms with Crippen molar-refractivity contribution in [1.29, 1.82) is 0 Å². The van der Waals surface area contributed by atoms with Crippen LogP contribution in [0.2, 0.25) is 0 Å². The third-order valence-corrected chi connectivity index (χ3v) is 3.41. The zero-order valence-corrected chi connectivity index (χ0v) is 11.2. The van der Waals surface area contributed by atoms with Gasteiger partial charge in [0.15, 0.2) is 0 Å². The Morgan fingerprint density at radius 3 is 2.69 bits per heavy atom. The average molecular weight is 228 g/mol. The molecular weight excluding hydrogens is 200 g/mol. The van der Waals surface area contributed by atoms with Crippen LogP contribution in [0.3, 0.4) is 0 Å². The van der Waals surface area contributed by atoms with Crippen LogP contribution in [-0.2, 0) is 4.74 Å². The summed E-state index contributed by atoms with van der Waals surface area (Å²) < 4.78 is 5.15. The fourth-order valence-electron chi connectivity index (χ4n) is 1.84. The van der Waals surface area contributed by atoms with Crippen molar-refractivity contribution in [3.8, 4) is 0 Å². The first-order valence-corrected chi connectivity index (χ1v) is 6.71. The molecule has 0 bridgehead atoms. The predicted octanol–water partition coefficient (Wildman–Crippen LogP) is 1.73. The molecule has 0 aromatic rings. The van der Waals surface area contributed by atoms with Crippen molar-refractivity contribution in [3.63, 3.8) is 0 Å². The smallest absolute Gasteiger partial charge is 0.0589 e. The van der Waals surface area contributed by atoms with Crippen LogP contribution in [0.1, 0.15) is 33.1 Å². The molecule has 1 saturated carbocycles. The monoisotopic (exact) mass is 228 g/mol. The van der Waals surface area contributed by atoms with Gasteiger partial charge in [0.05, 0.1) is 6.61 Å². The second kappa shape index (κ2) is 8.04. The van der Waals surface area contributed by atoms with Crippen molar-refractivity contribution < 1.29 is 4.74 Å². The maximum atomic E-state index is 5.15. The average Bonchev–Trinajstić information content (AvgIpc) is 3.11. The van der Waals surface area contributed by atoms with Crippen LogP contribution < -0.4 is 5.32 Å². The molecule has 3 heteroatoms. The SMILES string of the molecule is CCC(C)CNCCN(CCOC)C1CC1. The lowest BCUT2D eigenvalue weighted by atomic mass is 10.1. The van der Waals surface area contributed by atoms with Crippen LogP contribution in [0.4, 0.5) is 0 Å². The quantitative estimate of drug-likeness (QED) is 0.576. The first-order chi connectivity index (χ1) is 7.77. The summed E-state index contributed by atoms with van der Waals surface area (Å²) in [6, 6.07) is 0.848. The van der Waals surface area contributed by atoms with E-state index in [1.165, 1.54) is 25.8 Å². The van der Waals surface area contributed by atoms with Gasteiger partial charge in [0.2, 0.25) is 0 Å². The number of hydrogen-bond acceptors (Lipinski definition) is 3. The van der Waals surface area contributed by atoms with Crippen LogP contribution >= 0.6 is 0 Å². The summed E-state index contributed by atoms with van der Waals surface area (Å²) in [5, 5.41) is 3.54. The predicted molar refractivity (Wildman–Crippen MR) is 68.8 cm³/mol. The zero-order chi connectivity index (χ0) is 11.8. The highest BCUT2D eigenvalue weighted by molar-refractivity contribution is 4.84. The summed E-state index contributed by atoms with van der Waals surface area (Å²) in [5.74, 6) is 0.799. The molecule has 1 N–H and O–H groups in total. The number of nitrogens with one attached hydrogen (secondary N) is 1. The van der Waals surface area contributed by atoms with Gasteiger partial charge in [-0.3, -0.25) is 4.90 Å². The van der Waals surface area contributed by atoms with E-state index in [0.29, 0.717) is 0 Å². The molecule has 1 rings (SSSR count). The molecule has 1 aliphatic carbocycles. The van der Waals surface area contributed by atoms with E-state index in [2.05, 4.69) is 24.1 Å². The van der Waals surface area contributed by atoms with Gasteiger partial charge in [-0.2, -0.15) is 0 Å². The minimum absolute atomic E-state index is 0.799. The van der Waals surface area contributed by atoms with Crippen molar-refractivity contribution in [2.24, 2.45) is 5.92 Å². The molecule has 0 aromatic carbocycles. The Morgan fingerprint density at radius 1 is 1.38 bits per heavy atom. The Hall–Kier alpha value is -0.120. The maximum absolute atomic E-state index is 5.15. The Bertz CT molecular complexity index is 171. The van der Waals surface area contributed by atoms with Crippen LogP contribution in [0.15, 0.2) is 0 Å². The molecule has 0 radical (unpaired) electrons. The molecule has 1 atom stereocenters. The van der Waals surface area contributed by atoms with Crippen molar-refractivity contribution in [2.75, 3.05) is 39.9 Å². The summed E-state index contributed by atoms with van der Waals surface area (Å²) in [7, 11) is 1.78. The molecule has 96 valence electrons. The van der Waals surface area contributed by atoms with E-state index >= 15 is 0 Å². The molecule has 1 fully saturated rings. The van der Waals surface area contributed by atoms with E-state index in [1.807, 2.05) is 0 Å². The van der Waals surface area contributed by atoms with Gasteiger partial charge < -0.3 is 10.1 Å². The van der Waals surface area contributed by atoms with Crippen LogP contribution in [0, 0.1) is 5.92 Å².